The number of hydrogen-bond acceptors (Lipinski definition) is 4. The van der Waals surface area contributed by atoms with Crippen LogP contribution in [0.1, 0.15) is 220 Å². The molecule has 2 aliphatic heterocycles. The highest BCUT2D eigenvalue weighted by Crippen LogP contribution is 2.29. The maximum Gasteiger partial charge on any atom is 0.237 e. The Bertz CT molecular complexity index is 800. The Morgan fingerprint density at radius 1 is 0.462 bits per heavy atom. The van der Waals surface area contributed by atoms with Gasteiger partial charge in [0, 0.05) is 26.2 Å². The summed E-state index contributed by atoms with van der Waals surface area (Å²) >= 11 is 0. The third-order valence-electron chi connectivity index (χ3n) is 12.3. The molecule has 0 aromatic carbocycles. The van der Waals surface area contributed by atoms with E-state index >= 15 is 0 Å². The van der Waals surface area contributed by atoms with E-state index in [0.717, 1.165) is 45.6 Å². The second kappa shape index (κ2) is 33.2. The molecule has 2 unspecified atom stereocenters. The van der Waals surface area contributed by atoms with Gasteiger partial charge in [-0.1, -0.05) is 194 Å². The standard InChI is InChI=1S/C46H90N4O2/c1-4-7-10-13-16-19-22-25-28-31-34-47(35-32-29-26-23-20-17-14-11-8-5-2)37-38-48(36-33-30-27-24-21-18-15-12-9-6-3)42-46(52)50-41-44-39-45(50)40-49(44)43-51/h43-45H,4-42H2,1-3H3. The molecule has 0 N–H and O–H groups in total. The fourth-order valence-electron chi connectivity index (χ4n) is 8.77. The molecular formula is C46H90N4O2. The minimum atomic E-state index is 0.228. The average molecular weight is 731 g/mol. The summed E-state index contributed by atoms with van der Waals surface area (Å²) in [5.74, 6) is 0.293. The minimum Gasteiger partial charge on any atom is -0.338 e. The van der Waals surface area contributed by atoms with Gasteiger partial charge in [-0.15, -0.1) is 0 Å². The van der Waals surface area contributed by atoms with E-state index in [2.05, 4.69) is 35.5 Å². The van der Waals surface area contributed by atoms with Crippen LogP contribution in [0, 0.1) is 0 Å². The van der Waals surface area contributed by atoms with Gasteiger partial charge in [0.05, 0.1) is 18.6 Å². The van der Waals surface area contributed by atoms with E-state index in [1.54, 1.807) is 0 Å². The van der Waals surface area contributed by atoms with Gasteiger partial charge in [0.15, 0.2) is 0 Å². The zero-order chi connectivity index (χ0) is 37.3. The van der Waals surface area contributed by atoms with Crippen molar-refractivity contribution >= 4 is 12.3 Å². The molecule has 0 radical (unpaired) electrons. The second-order valence-electron chi connectivity index (χ2n) is 17.1. The van der Waals surface area contributed by atoms with Crippen LogP contribution in [0.2, 0.25) is 0 Å². The van der Waals surface area contributed by atoms with E-state index in [4.69, 9.17) is 0 Å². The molecule has 0 saturated carbocycles. The largest absolute Gasteiger partial charge is 0.338 e. The smallest absolute Gasteiger partial charge is 0.237 e. The van der Waals surface area contributed by atoms with Gasteiger partial charge < -0.3 is 14.7 Å². The molecule has 2 heterocycles. The van der Waals surface area contributed by atoms with Crippen LogP contribution in [0.5, 0.6) is 0 Å². The number of carbonyl (C=O) groups is 2. The number of likely N-dealkylation sites (tertiary alicyclic amines) is 2. The molecule has 0 spiro atoms. The van der Waals surface area contributed by atoms with Crippen LogP contribution in [-0.2, 0) is 9.59 Å². The number of hydrogen-bond donors (Lipinski definition) is 0. The van der Waals surface area contributed by atoms with Gasteiger partial charge in [-0.05, 0) is 45.3 Å². The van der Waals surface area contributed by atoms with Crippen molar-refractivity contribution in [1.29, 1.82) is 0 Å². The third-order valence-corrected chi connectivity index (χ3v) is 12.3. The Kier molecular flexibility index (Phi) is 30.0. The molecule has 2 amide bonds. The lowest BCUT2D eigenvalue weighted by molar-refractivity contribution is -0.136. The summed E-state index contributed by atoms with van der Waals surface area (Å²) in [5.41, 5.74) is 0. The summed E-state index contributed by atoms with van der Waals surface area (Å²) in [6, 6.07) is 0.463. The second-order valence-corrected chi connectivity index (χ2v) is 17.1. The van der Waals surface area contributed by atoms with Crippen LogP contribution >= 0.6 is 0 Å². The molecule has 0 aromatic heterocycles. The lowest BCUT2D eigenvalue weighted by Crippen LogP contribution is -2.51. The molecule has 306 valence electrons. The number of rotatable bonds is 39. The molecule has 0 aliphatic carbocycles. The summed E-state index contributed by atoms with van der Waals surface area (Å²) in [5, 5.41) is 0. The van der Waals surface area contributed by atoms with Gasteiger partial charge >= 0.3 is 0 Å². The maximum absolute atomic E-state index is 13.7. The van der Waals surface area contributed by atoms with Crippen molar-refractivity contribution in [2.75, 3.05) is 52.4 Å². The van der Waals surface area contributed by atoms with Gasteiger partial charge in [-0.2, -0.15) is 0 Å². The highest BCUT2D eigenvalue weighted by molar-refractivity contribution is 5.79. The van der Waals surface area contributed by atoms with Crippen LogP contribution in [-0.4, -0.2) is 96.4 Å². The Hall–Kier alpha value is -1.14. The molecule has 2 bridgehead atoms. The zero-order valence-electron chi connectivity index (χ0n) is 35.4. The summed E-state index contributed by atoms with van der Waals surface area (Å²) in [7, 11) is 0. The molecule has 2 saturated heterocycles. The van der Waals surface area contributed by atoms with Crippen molar-refractivity contribution in [3.63, 3.8) is 0 Å². The van der Waals surface area contributed by atoms with E-state index in [1.165, 1.54) is 206 Å². The molecule has 6 heteroatoms. The van der Waals surface area contributed by atoms with Crippen molar-refractivity contribution in [2.24, 2.45) is 0 Å². The zero-order valence-corrected chi connectivity index (χ0v) is 35.4. The lowest BCUT2D eigenvalue weighted by atomic mass is 10.1. The van der Waals surface area contributed by atoms with Crippen molar-refractivity contribution in [2.45, 2.75) is 232 Å². The van der Waals surface area contributed by atoms with E-state index in [1.807, 2.05) is 4.90 Å². The number of nitrogens with zero attached hydrogens (tertiary/aromatic N) is 4. The molecule has 6 nitrogen and oxygen atoms in total. The number of carbonyl (C=O) groups excluding carboxylic acids is 2. The number of unbranched alkanes of at least 4 members (excludes halogenated alkanes) is 27. The molecule has 0 aromatic rings. The van der Waals surface area contributed by atoms with Crippen molar-refractivity contribution in [3.8, 4) is 0 Å². The summed E-state index contributed by atoms with van der Waals surface area (Å²) in [6.07, 6.45) is 43.2. The Balaban J connectivity index is 1.82. The summed E-state index contributed by atoms with van der Waals surface area (Å²) in [6.45, 7) is 14.5. The van der Waals surface area contributed by atoms with Crippen molar-refractivity contribution in [3.05, 3.63) is 0 Å². The molecule has 2 fully saturated rings. The van der Waals surface area contributed by atoms with Crippen LogP contribution in [0.15, 0.2) is 0 Å². The lowest BCUT2D eigenvalue weighted by Gasteiger charge is -2.34. The van der Waals surface area contributed by atoms with Crippen molar-refractivity contribution < 1.29 is 9.59 Å². The Morgan fingerprint density at radius 3 is 1.15 bits per heavy atom. The fourth-order valence-corrected chi connectivity index (χ4v) is 8.77. The predicted molar refractivity (Wildman–Crippen MR) is 225 cm³/mol. The number of piperazine rings is 1. The van der Waals surface area contributed by atoms with Gasteiger partial charge in [0.1, 0.15) is 0 Å². The van der Waals surface area contributed by atoms with Crippen LogP contribution in [0.3, 0.4) is 0 Å². The topological polar surface area (TPSA) is 47.1 Å². The van der Waals surface area contributed by atoms with E-state index in [-0.39, 0.29) is 12.1 Å². The Labute approximate surface area is 325 Å². The van der Waals surface area contributed by atoms with Crippen LogP contribution in [0.4, 0.5) is 0 Å². The first-order valence-corrected chi connectivity index (χ1v) is 23.6. The third kappa shape index (κ3) is 22.9. The van der Waals surface area contributed by atoms with E-state index in [0.29, 0.717) is 12.5 Å². The molecule has 2 rings (SSSR count). The average Bonchev–Trinajstić information content (AvgIpc) is 3.77. The maximum atomic E-state index is 13.7. The highest BCUT2D eigenvalue weighted by Gasteiger charge is 2.44. The Morgan fingerprint density at radius 2 is 0.808 bits per heavy atom. The summed E-state index contributed by atoms with van der Waals surface area (Å²) < 4.78 is 0. The van der Waals surface area contributed by atoms with Crippen LogP contribution in [0.25, 0.3) is 0 Å². The SMILES string of the molecule is CCCCCCCCCCCCN(CCCCCCCCCCCC)CCN(CCCCCCCCCCCC)CC(=O)N1CC2CC1CN2C=O. The first-order valence-electron chi connectivity index (χ1n) is 23.6. The normalized spacial score (nSPS) is 17.0. The van der Waals surface area contributed by atoms with E-state index in [9.17, 15) is 9.59 Å². The van der Waals surface area contributed by atoms with Gasteiger partial charge in [-0.25, -0.2) is 0 Å². The molecular weight excluding hydrogens is 641 g/mol. The molecule has 52 heavy (non-hydrogen) atoms. The molecule has 2 atom stereocenters. The summed E-state index contributed by atoms with van der Waals surface area (Å²) in [4.78, 5) is 34.4. The van der Waals surface area contributed by atoms with E-state index < -0.39 is 0 Å². The number of amides is 2. The number of fused-ring (bicyclic) bond motifs is 2. The predicted octanol–water partition coefficient (Wildman–Crippen LogP) is 11.8. The molecule has 2 aliphatic rings. The monoisotopic (exact) mass is 731 g/mol. The quantitative estimate of drug-likeness (QED) is 0.0467. The fraction of sp³-hybridized carbons (Fsp3) is 0.957. The van der Waals surface area contributed by atoms with Crippen LogP contribution < -0.4 is 0 Å². The van der Waals surface area contributed by atoms with Gasteiger partial charge in [0.2, 0.25) is 12.3 Å². The van der Waals surface area contributed by atoms with Gasteiger partial charge in [0.25, 0.3) is 0 Å². The first-order chi connectivity index (χ1) is 25.6. The van der Waals surface area contributed by atoms with Gasteiger partial charge in [-0.3, -0.25) is 14.5 Å². The highest BCUT2D eigenvalue weighted by atomic mass is 16.2. The first kappa shape index (κ1) is 47.0. The minimum absolute atomic E-state index is 0.228. The van der Waals surface area contributed by atoms with Crippen molar-refractivity contribution in [1.82, 2.24) is 19.6 Å².